The van der Waals surface area contributed by atoms with Crippen LogP contribution in [-0.4, -0.2) is 31.7 Å². The molecule has 1 aromatic heterocycles. The number of halogens is 1. The van der Waals surface area contributed by atoms with Crippen LogP contribution in [0.4, 0.5) is 5.82 Å². The molecule has 0 radical (unpaired) electrons. The lowest BCUT2D eigenvalue weighted by Crippen LogP contribution is -2.07. The van der Waals surface area contributed by atoms with Crippen LogP contribution in [-0.2, 0) is 15.6 Å². The van der Waals surface area contributed by atoms with Crippen molar-refractivity contribution in [2.45, 2.75) is 5.75 Å². The van der Waals surface area contributed by atoms with Gasteiger partial charge in [-0.15, -0.1) is 0 Å². The predicted molar refractivity (Wildman–Crippen MR) is 62.8 cm³/mol. The Bertz CT molecular complexity index is 433. The average Bonchev–Trinajstić information content (AvgIpc) is 2.06. The van der Waals surface area contributed by atoms with Crippen LogP contribution in [0.1, 0.15) is 5.82 Å². The van der Waals surface area contributed by atoms with Gasteiger partial charge in [-0.25, -0.2) is 18.4 Å². The van der Waals surface area contributed by atoms with Gasteiger partial charge in [-0.2, -0.15) is 0 Å². The maximum atomic E-state index is 11.0. The number of nitrogens with zero attached hydrogens (tertiary/aromatic N) is 2. The molecule has 14 heavy (non-hydrogen) atoms. The summed E-state index contributed by atoms with van der Waals surface area (Å²) in [5.41, 5.74) is 0. The first-order chi connectivity index (χ1) is 6.42. The minimum absolute atomic E-state index is 0.126. The molecule has 0 aliphatic heterocycles. The number of nitrogens with one attached hydrogen (secondary N) is 1. The monoisotopic (exact) mass is 327 g/mol. The van der Waals surface area contributed by atoms with E-state index in [0.29, 0.717) is 11.6 Å². The number of anilines is 1. The molecule has 1 heterocycles. The second-order valence-electron chi connectivity index (χ2n) is 2.80. The Morgan fingerprint density at radius 2 is 2.21 bits per heavy atom. The number of aromatic nitrogens is 2. The van der Waals surface area contributed by atoms with E-state index in [4.69, 9.17) is 0 Å². The summed E-state index contributed by atoms with van der Waals surface area (Å²) in [4.78, 5) is 8.00. The zero-order valence-electron chi connectivity index (χ0n) is 7.78. The maximum Gasteiger partial charge on any atom is 0.154 e. The summed E-state index contributed by atoms with van der Waals surface area (Å²) in [5.74, 6) is 0.843. The fourth-order valence-corrected chi connectivity index (χ4v) is 2.02. The van der Waals surface area contributed by atoms with Crippen molar-refractivity contribution in [2.24, 2.45) is 0 Å². The van der Waals surface area contributed by atoms with E-state index in [1.165, 1.54) is 0 Å². The quantitative estimate of drug-likeness (QED) is 0.826. The largest absolute Gasteiger partial charge is 0.372 e. The van der Waals surface area contributed by atoms with Crippen molar-refractivity contribution in [1.82, 2.24) is 9.97 Å². The predicted octanol–water partition coefficient (Wildman–Crippen LogP) is 0.668. The van der Waals surface area contributed by atoms with Crippen molar-refractivity contribution in [3.05, 3.63) is 15.6 Å². The van der Waals surface area contributed by atoms with Gasteiger partial charge in [0.1, 0.15) is 17.4 Å². The molecular weight excluding hydrogens is 317 g/mol. The van der Waals surface area contributed by atoms with Gasteiger partial charge in [0, 0.05) is 19.5 Å². The van der Waals surface area contributed by atoms with Crippen LogP contribution in [0.15, 0.2) is 6.20 Å². The van der Waals surface area contributed by atoms with Gasteiger partial charge in [-0.05, 0) is 22.6 Å². The van der Waals surface area contributed by atoms with E-state index in [1.807, 2.05) is 0 Å². The van der Waals surface area contributed by atoms with E-state index in [2.05, 4.69) is 37.9 Å². The molecule has 0 amide bonds. The molecule has 0 aromatic carbocycles. The van der Waals surface area contributed by atoms with Crippen LogP contribution in [0.2, 0.25) is 0 Å². The molecule has 7 heteroatoms. The zero-order valence-corrected chi connectivity index (χ0v) is 10.8. The lowest BCUT2D eigenvalue weighted by atomic mass is 10.5. The number of hydrogen-bond acceptors (Lipinski definition) is 5. The molecule has 0 fully saturated rings. The van der Waals surface area contributed by atoms with E-state index in [0.717, 1.165) is 9.83 Å². The van der Waals surface area contributed by atoms with Crippen LogP contribution in [0.25, 0.3) is 0 Å². The minimum Gasteiger partial charge on any atom is -0.372 e. The van der Waals surface area contributed by atoms with E-state index in [9.17, 15) is 8.42 Å². The summed E-state index contributed by atoms with van der Waals surface area (Å²) in [6.07, 6.45) is 2.76. The average molecular weight is 327 g/mol. The van der Waals surface area contributed by atoms with E-state index in [-0.39, 0.29) is 5.75 Å². The van der Waals surface area contributed by atoms with Gasteiger partial charge >= 0.3 is 0 Å². The van der Waals surface area contributed by atoms with Crippen molar-refractivity contribution in [2.75, 3.05) is 18.6 Å². The third kappa shape index (κ3) is 3.37. The van der Waals surface area contributed by atoms with Crippen LogP contribution in [0, 0.1) is 3.57 Å². The van der Waals surface area contributed by atoms with Gasteiger partial charge in [0.05, 0.1) is 3.57 Å². The molecule has 5 nitrogen and oxygen atoms in total. The molecule has 1 rings (SSSR count). The molecule has 0 aliphatic carbocycles. The second kappa shape index (κ2) is 4.39. The van der Waals surface area contributed by atoms with Gasteiger partial charge < -0.3 is 5.32 Å². The second-order valence-corrected chi connectivity index (χ2v) is 6.11. The smallest absolute Gasteiger partial charge is 0.154 e. The molecule has 0 unspecified atom stereocenters. The Morgan fingerprint density at radius 3 is 2.71 bits per heavy atom. The van der Waals surface area contributed by atoms with E-state index in [1.54, 1.807) is 13.2 Å². The van der Waals surface area contributed by atoms with Crippen molar-refractivity contribution < 1.29 is 8.42 Å². The van der Waals surface area contributed by atoms with Crippen molar-refractivity contribution >= 4 is 38.2 Å². The van der Waals surface area contributed by atoms with Gasteiger partial charge in [0.25, 0.3) is 0 Å². The normalized spacial score (nSPS) is 11.4. The molecule has 0 saturated heterocycles. The first kappa shape index (κ1) is 11.6. The van der Waals surface area contributed by atoms with Crippen LogP contribution < -0.4 is 5.32 Å². The standard InChI is InChI=1S/C7H10IN3O2S/c1-9-7-5(8)3-10-6(11-7)4-14(2,12)13/h3H,4H2,1-2H3,(H,9,10,11). The third-order valence-electron chi connectivity index (χ3n) is 1.42. The highest BCUT2D eigenvalue weighted by molar-refractivity contribution is 14.1. The molecule has 1 N–H and O–H groups in total. The SMILES string of the molecule is CNc1nc(CS(C)(=O)=O)ncc1I. The van der Waals surface area contributed by atoms with Crippen molar-refractivity contribution in [1.29, 1.82) is 0 Å². The Morgan fingerprint density at radius 1 is 1.57 bits per heavy atom. The first-order valence-electron chi connectivity index (χ1n) is 3.79. The summed E-state index contributed by atoms with van der Waals surface area (Å²) in [6, 6.07) is 0. The highest BCUT2D eigenvalue weighted by Crippen LogP contribution is 2.13. The van der Waals surface area contributed by atoms with Gasteiger partial charge in [-0.3, -0.25) is 0 Å². The number of sulfone groups is 1. The molecule has 78 valence electrons. The molecule has 0 bridgehead atoms. The Kier molecular flexibility index (Phi) is 3.65. The fraction of sp³-hybridized carbons (Fsp3) is 0.429. The van der Waals surface area contributed by atoms with Gasteiger partial charge in [0.2, 0.25) is 0 Å². The van der Waals surface area contributed by atoms with Crippen LogP contribution in [0.5, 0.6) is 0 Å². The summed E-state index contributed by atoms with van der Waals surface area (Å²) in [5, 5.41) is 2.87. The Labute approximate surface area is 96.4 Å². The summed E-state index contributed by atoms with van der Waals surface area (Å²) in [7, 11) is -1.34. The van der Waals surface area contributed by atoms with Crippen molar-refractivity contribution in [3.8, 4) is 0 Å². The Hall–Kier alpha value is -0.440. The maximum absolute atomic E-state index is 11.0. The summed E-state index contributed by atoms with van der Waals surface area (Å²) in [6.45, 7) is 0. The summed E-state index contributed by atoms with van der Waals surface area (Å²) >= 11 is 2.08. The molecule has 0 spiro atoms. The summed E-state index contributed by atoms with van der Waals surface area (Å²) < 4.78 is 22.8. The van der Waals surface area contributed by atoms with Crippen LogP contribution >= 0.6 is 22.6 Å². The van der Waals surface area contributed by atoms with Crippen molar-refractivity contribution in [3.63, 3.8) is 0 Å². The minimum atomic E-state index is -3.07. The first-order valence-corrected chi connectivity index (χ1v) is 6.93. The zero-order chi connectivity index (χ0) is 10.8. The molecular formula is C7H10IN3O2S. The molecule has 1 aromatic rings. The molecule has 0 aliphatic rings. The van der Waals surface area contributed by atoms with E-state index >= 15 is 0 Å². The fourth-order valence-electron chi connectivity index (χ4n) is 0.883. The van der Waals surface area contributed by atoms with Gasteiger partial charge in [0.15, 0.2) is 9.84 Å². The number of hydrogen-bond donors (Lipinski definition) is 1. The number of rotatable bonds is 3. The lowest BCUT2D eigenvalue weighted by Gasteiger charge is -2.04. The molecule has 0 saturated carbocycles. The third-order valence-corrected chi connectivity index (χ3v) is 2.99. The highest BCUT2D eigenvalue weighted by atomic mass is 127. The van der Waals surface area contributed by atoms with Crippen LogP contribution in [0.3, 0.4) is 0 Å². The van der Waals surface area contributed by atoms with E-state index < -0.39 is 9.84 Å². The lowest BCUT2D eigenvalue weighted by molar-refractivity contribution is 0.599. The Balaban J connectivity index is 3.01. The van der Waals surface area contributed by atoms with Gasteiger partial charge in [-0.1, -0.05) is 0 Å². The highest BCUT2D eigenvalue weighted by Gasteiger charge is 2.09. The molecule has 0 atom stereocenters. The topological polar surface area (TPSA) is 72.0 Å².